The Kier molecular flexibility index (Phi) is 2.79. The molecule has 0 fully saturated rings. The Balaban J connectivity index is 2.69. The molecule has 0 bridgehead atoms. The topological polar surface area (TPSA) is 92.5 Å². The van der Waals surface area contributed by atoms with Crippen molar-refractivity contribution < 1.29 is 10.2 Å². The fraction of sp³-hybridized carbons (Fsp3) is 0.143. The van der Waals surface area contributed by atoms with Crippen molar-refractivity contribution in [2.45, 2.75) is 13.8 Å². The van der Waals surface area contributed by atoms with Crippen LogP contribution in [0.4, 0.5) is 11.4 Å². The normalized spacial score (nSPS) is 10.6. The molecule has 4 heteroatoms. The average Bonchev–Trinajstić information content (AvgIpc) is 2.29. The smallest absolute Gasteiger partial charge is 0.125 e. The third-order valence-electron chi connectivity index (χ3n) is 3.06. The minimum atomic E-state index is 0.0394. The molecular weight excluding hydrogens is 228 g/mol. The molecule has 0 unspecified atom stereocenters. The monoisotopic (exact) mass is 244 g/mol. The van der Waals surface area contributed by atoms with Crippen LogP contribution in [0.25, 0.3) is 11.1 Å². The summed E-state index contributed by atoms with van der Waals surface area (Å²) in [7, 11) is 0. The van der Waals surface area contributed by atoms with Crippen LogP contribution in [0.5, 0.6) is 11.5 Å². The molecule has 2 aromatic rings. The molecule has 0 aliphatic carbocycles. The van der Waals surface area contributed by atoms with Gasteiger partial charge in [-0.2, -0.15) is 0 Å². The van der Waals surface area contributed by atoms with Gasteiger partial charge in [-0.15, -0.1) is 0 Å². The molecule has 0 aromatic heterocycles. The standard InChI is InChI=1S/C14H16N2O2/c1-7-3-9(13(17)5-11(7)15)10-4-8(2)12(16)6-14(10)18/h3-6,17-18H,15-16H2,1-2H3. The zero-order valence-electron chi connectivity index (χ0n) is 10.4. The number of rotatable bonds is 1. The predicted molar refractivity (Wildman–Crippen MR) is 73.5 cm³/mol. The minimum Gasteiger partial charge on any atom is -0.507 e. The first kappa shape index (κ1) is 12.1. The number of nitrogen functional groups attached to an aromatic ring is 2. The van der Waals surface area contributed by atoms with Gasteiger partial charge in [0, 0.05) is 34.6 Å². The third-order valence-corrected chi connectivity index (χ3v) is 3.06. The van der Waals surface area contributed by atoms with Crippen LogP contribution in [0.3, 0.4) is 0 Å². The predicted octanol–water partition coefficient (Wildman–Crippen LogP) is 2.55. The summed E-state index contributed by atoms with van der Waals surface area (Å²) in [6, 6.07) is 6.45. The van der Waals surface area contributed by atoms with E-state index in [1.165, 1.54) is 12.1 Å². The maximum atomic E-state index is 9.93. The Bertz CT molecular complexity index is 566. The van der Waals surface area contributed by atoms with E-state index in [9.17, 15) is 10.2 Å². The first-order valence-electron chi connectivity index (χ1n) is 5.58. The number of hydrogen-bond donors (Lipinski definition) is 4. The number of nitrogens with two attached hydrogens (primary N) is 2. The quantitative estimate of drug-likeness (QED) is 0.580. The molecule has 0 heterocycles. The number of aromatic hydroxyl groups is 2. The lowest BCUT2D eigenvalue weighted by Gasteiger charge is -2.12. The number of phenols is 2. The lowest BCUT2D eigenvalue weighted by atomic mass is 9.98. The lowest BCUT2D eigenvalue weighted by Crippen LogP contribution is -1.93. The van der Waals surface area contributed by atoms with E-state index in [0.717, 1.165) is 11.1 Å². The van der Waals surface area contributed by atoms with Gasteiger partial charge in [0.05, 0.1) is 0 Å². The van der Waals surface area contributed by atoms with Gasteiger partial charge < -0.3 is 21.7 Å². The molecule has 18 heavy (non-hydrogen) atoms. The molecule has 0 atom stereocenters. The third kappa shape index (κ3) is 1.93. The number of phenolic OH excluding ortho intramolecular Hbond substituents is 2. The largest absolute Gasteiger partial charge is 0.507 e. The van der Waals surface area contributed by atoms with Crippen molar-refractivity contribution in [3.05, 3.63) is 35.4 Å². The molecular formula is C14H16N2O2. The van der Waals surface area contributed by atoms with Crippen LogP contribution < -0.4 is 11.5 Å². The number of anilines is 2. The number of aryl methyl sites for hydroxylation is 2. The van der Waals surface area contributed by atoms with E-state index in [0.29, 0.717) is 22.5 Å². The van der Waals surface area contributed by atoms with Crippen molar-refractivity contribution in [2.24, 2.45) is 0 Å². The summed E-state index contributed by atoms with van der Waals surface area (Å²) in [6.45, 7) is 3.69. The van der Waals surface area contributed by atoms with Gasteiger partial charge in [0.1, 0.15) is 11.5 Å². The molecule has 0 saturated heterocycles. The summed E-state index contributed by atoms with van der Waals surface area (Å²) in [5.41, 5.74) is 15.2. The van der Waals surface area contributed by atoms with E-state index in [-0.39, 0.29) is 11.5 Å². The van der Waals surface area contributed by atoms with Crippen LogP contribution in [0, 0.1) is 13.8 Å². The van der Waals surface area contributed by atoms with Crippen molar-refractivity contribution in [3.8, 4) is 22.6 Å². The maximum absolute atomic E-state index is 9.93. The van der Waals surface area contributed by atoms with Crippen molar-refractivity contribution in [2.75, 3.05) is 11.5 Å². The van der Waals surface area contributed by atoms with Gasteiger partial charge >= 0.3 is 0 Å². The van der Waals surface area contributed by atoms with Crippen LogP contribution >= 0.6 is 0 Å². The van der Waals surface area contributed by atoms with E-state index in [2.05, 4.69) is 0 Å². The Labute approximate surface area is 105 Å². The molecule has 0 aliphatic rings. The molecule has 2 aromatic carbocycles. The molecule has 2 rings (SSSR count). The highest BCUT2D eigenvalue weighted by Crippen LogP contribution is 2.39. The number of benzene rings is 2. The second kappa shape index (κ2) is 4.14. The Morgan fingerprint density at radius 3 is 1.39 bits per heavy atom. The van der Waals surface area contributed by atoms with E-state index >= 15 is 0 Å². The SMILES string of the molecule is Cc1cc(-c2cc(C)c(N)cc2O)c(O)cc1N. The van der Waals surface area contributed by atoms with Gasteiger partial charge in [0.2, 0.25) is 0 Å². The summed E-state index contributed by atoms with van der Waals surface area (Å²) in [6.07, 6.45) is 0. The van der Waals surface area contributed by atoms with Crippen molar-refractivity contribution in [3.63, 3.8) is 0 Å². The van der Waals surface area contributed by atoms with E-state index in [1.807, 2.05) is 13.8 Å². The molecule has 0 radical (unpaired) electrons. The van der Waals surface area contributed by atoms with Crippen LogP contribution in [0.2, 0.25) is 0 Å². The van der Waals surface area contributed by atoms with E-state index in [1.54, 1.807) is 12.1 Å². The maximum Gasteiger partial charge on any atom is 0.125 e. The van der Waals surface area contributed by atoms with E-state index in [4.69, 9.17) is 11.5 Å². The first-order chi connectivity index (χ1) is 8.40. The highest BCUT2D eigenvalue weighted by Gasteiger charge is 2.12. The summed E-state index contributed by atoms with van der Waals surface area (Å²) in [4.78, 5) is 0. The fourth-order valence-corrected chi connectivity index (χ4v) is 1.86. The van der Waals surface area contributed by atoms with Gasteiger partial charge in [-0.3, -0.25) is 0 Å². The lowest BCUT2D eigenvalue weighted by molar-refractivity contribution is 0.469. The molecule has 94 valence electrons. The van der Waals surface area contributed by atoms with Crippen LogP contribution in [0.1, 0.15) is 11.1 Å². The molecule has 0 aliphatic heterocycles. The summed E-state index contributed by atoms with van der Waals surface area (Å²) in [5.74, 6) is 0.0788. The van der Waals surface area contributed by atoms with Gasteiger partial charge in [-0.25, -0.2) is 0 Å². The molecule has 0 saturated carbocycles. The number of hydrogen-bond acceptors (Lipinski definition) is 4. The van der Waals surface area contributed by atoms with Gasteiger partial charge in [0.25, 0.3) is 0 Å². The van der Waals surface area contributed by atoms with Crippen molar-refractivity contribution in [1.82, 2.24) is 0 Å². The van der Waals surface area contributed by atoms with Crippen molar-refractivity contribution in [1.29, 1.82) is 0 Å². The second-order valence-corrected chi connectivity index (χ2v) is 4.45. The van der Waals surface area contributed by atoms with Crippen molar-refractivity contribution >= 4 is 11.4 Å². The second-order valence-electron chi connectivity index (χ2n) is 4.45. The Morgan fingerprint density at radius 2 is 1.06 bits per heavy atom. The van der Waals surface area contributed by atoms with Crippen LogP contribution in [-0.2, 0) is 0 Å². The van der Waals surface area contributed by atoms with Crippen LogP contribution in [-0.4, -0.2) is 10.2 Å². The summed E-state index contributed by atoms with van der Waals surface area (Å²) < 4.78 is 0. The molecule has 0 spiro atoms. The van der Waals surface area contributed by atoms with Gasteiger partial charge in [-0.05, 0) is 37.1 Å². The molecule has 0 amide bonds. The molecule has 4 nitrogen and oxygen atoms in total. The Hall–Kier alpha value is -2.36. The highest BCUT2D eigenvalue weighted by atomic mass is 16.3. The minimum absolute atomic E-state index is 0.0394. The zero-order valence-corrected chi connectivity index (χ0v) is 10.4. The van der Waals surface area contributed by atoms with E-state index < -0.39 is 0 Å². The summed E-state index contributed by atoms with van der Waals surface area (Å²) in [5, 5.41) is 19.9. The molecule has 6 N–H and O–H groups in total. The van der Waals surface area contributed by atoms with Gasteiger partial charge in [0.15, 0.2) is 0 Å². The summed E-state index contributed by atoms with van der Waals surface area (Å²) >= 11 is 0. The fourth-order valence-electron chi connectivity index (χ4n) is 1.86. The van der Waals surface area contributed by atoms with Gasteiger partial charge in [-0.1, -0.05) is 0 Å². The first-order valence-corrected chi connectivity index (χ1v) is 5.58. The highest BCUT2D eigenvalue weighted by molar-refractivity contribution is 5.80. The Morgan fingerprint density at radius 1 is 0.722 bits per heavy atom. The van der Waals surface area contributed by atoms with Crippen LogP contribution in [0.15, 0.2) is 24.3 Å². The average molecular weight is 244 g/mol. The zero-order chi connectivity index (χ0) is 13.4.